The van der Waals surface area contributed by atoms with Gasteiger partial charge in [-0.25, -0.2) is 17.9 Å². The number of nitrogens with one attached hydrogen (secondary N) is 2. The van der Waals surface area contributed by atoms with E-state index in [1.54, 1.807) is 13.8 Å². The molecular formula is C21H19F3N4O2. The van der Waals surface area contributed by atoms with Gasteiger partial charge < -0.3 is 10.6 Å². The molecule has 1 heterocycles. The molecule has 0 saturated carbocycles. The van der Waals surface area contributed by atoms with Crippen LogP contribution >= 0.6 is 0 Å². The second kappa shape index (κ2) is 8.40. The Kier molecular flexibility index (Phi) is 5.91. The van der Waals surface area contributed by atoms with E-state index in [0.717, 1.165) is 12.1 Å². The van der Waals surface area contributed by atoms with E-state index in [0.29, 0.717) is 17.1 Å². The van der Waals surface area contributed by atoms with Crippen LogP contribution in [0.2, 0.25) is 0 Å². The summed E-state index contributed by atoms with van der Waals surface area (Å²) >= 11 is 0. The molecule has 156 valence electrons. The van der Waals surface area contributed by atoms with Gasteiger partial charge in [0.2, 0.25) is 5.91 Å². The quantitative estimate of drug-likeness (QED) is 0.671. The number of halogens is 3. The Hall–Kier alpha value is -3.62. The lowest BCUT2D eigenvalue weighted by Gasteiger charge is -2.18. The summed E-state index contributed by atoms with van der Waals surface area (Å²) in [7, 11) is 1.37. The van der Waals surface area contributed by atoms with Crippen LogP contribution in [-0.2, 0) is 4.79 Å². The molecule has 3 rings (SSSR count). The van der Waals surface area contributed by atoms with Gasteiger partial charge in [0.15, 0.2) is 11.6 Å². The summed E-state index contributed by atoms with van der Waals surface area (Å²) in [4.78, 5) is 25.3. The number of likely N-dealkylation sites (N-methyl/N-ethyl adjacent to an activating group) is 1. The lowest BCUT2D eigenvalue weighted by molar-refractivity contribution is -0.122. The smallest absolute Gasteiger partial charge is 0.255 e. The minimum Gasteiger partial charge on any atom is -0.357 e. The van der Waals surface area contributed by atoms with Crippen LogP contribution in [0.25, 0.3) is 5.69 Å². The van der Waals surface area contributed by atoms with E-state index in [9.17, 15) is 22.8 Å². The van der Waals surface area contributed by atoms with Crippen molar-refractivity contribution in [3.63, 3.8) is 0 Å². The zero-order valence-electron chi connectivity index (χ0n) is 16.5. The maximum absolute atomic E-state index is 13.7. The fraction of sp³-hybridized carbons (Fsp3) is 0.190. The first kappa shape index (κ1) is 21.1. The third-order valence-electron chi connectivity index (χ3n) is 4.65. The maximum atomic E-state index is 13.7. The first-order valence-corrected chi connectivity index (χ1v) is 9.02. The van der Waals surface area contributed by atoms with Crippen LogP contribution in [-0.4, -0.2) is 28.6 Å². The van der Waals surface area contributed by atoms with Crippen molar-refractivity contribution in [3.8, 4) is 5.69 Å². The van der Waals surface area contributed by atoms with E-state index in [-0.39, 0.29) is 11.1 Å². The first-order chi connectivity index (χ1) is 14.2. The number of carbonyl (C=O) groups excluding carboxylic acids is 2. The summed E-state index contributed by atoms with van der Waals surface area (Å²) in [6, 6.07) is 7.31. The van der Waals surface area contributed by atoms with Crippen molar-refractivity contribution in [2.45, 2.75) is 19.9 Å². The van der Waals surface area contributed by atoms with Crippen LogP contribution < -0.4 is 10.6 Å². The molecule has 30 heavy (non-hydrogen) atoms. The Morgan fingerprint density at radius 1 is 1.00 bits per heavy atom. The molecule has 2 amide bonds. The third-order valence-corrected chi connectivity index (χ3v) is 4.65. The summed E-state index contributed by atoms with van der Waals surface area (Å²) in [5.41, 5.74) is 1.71. The van der Waals surface area contributed by atoms with Gasteiger partial charge in [-0.2, -0.15) is 5.10 Å². The molecule has 1 aromatic heterocycles. The number of amides is 2. The summed E-state index contributed by atoms with van der Waals surface area (Å²) in [6.45, 7) is 3.28. The van der Waals surface area contributed by atoms with Gasteiger partial charge in [-0.15, -0.1) is 0 Å². The highest BCUT2D eigenvalue weighted by molar-refractivity contribution is 5.99. The van der Waals surface area contributed by atoms with Crippen molar-refractivity contribution < 1.29 is 22.8 Å². The molecule has 1 atom stereocenters. The minimum absolute atomic E-state index is 0.0860. The molecule has 2 aromatic carbocycles. The number of rotatable bonds is 5. The van der Waals surface area contributed by atoms with Crippen LogP contribution in [0.15, 0.2) is 42.5 Å². The predicted molar refractivity (Wildman–Crippen MR) is 104 cm³/mol. The fourth-order valence-corrected chi connectivity index (χ4v) is 3.14. The van der Waals surface area contributed by atoms with Crippen molar-refractivity contribution in [1.82, 2.24) is 20.4 Å². The van der Waals surface area contributed by atoms with E-state index < -0.39 is 35.3 Å². The Labute approximate surface area is 170 Å². The number of nitrogens with zero attached hydrogens (tertiary/aromatic N) is 2. The van der Waals surface area contributed by atoms with Crippen LogP contribution in [0.5, 0.6) is 0 Å². The molecule has 1 unspecified atom stereocenters. The highest BCUT2D eigenvalue weighted by Gasteiger charge is 2.27. The molecule has 3 aromatic rings. The Bertz CT molecular complexity index is 1110. The van der Waals surface area contributed by atoms with Gasteiger partial charge in [0, 0.05) is 7.05 Å². The van der Waals surface area contributed by atoms with E-state index in [1.165, 1.54) is 42.1 Å². The largest absolute Gasteiger partial charge is 0.357 e. The molecule has 0 aliphatic rings. The number of hydrogen-bond acceptors (Lipinski definition) is 3. The Balaban J connectivity index is 1.95. The number of benzene rings is 2. The van der Waals surface area contributed by atoms with Crippen LogP contribution in [0, 0.1) is 31.3 Å². The van der Waals surface area contributed by atoms with E-state index in [2.05, 4.69) is 15.7 Å². The van der Waals surface area contributed by atoms with Crippen LogP contribution in [0.1, 0.15) is 33.4 Å². The van der Waals surface area contributed by atoms with E-state index in [4.69, 9.17) is 0 Å². The van der Waals surface area contributed by atoms with Crippen molar-refractivity contribution in [2.75, 3.05) is 7.05 Å². The summed E-state index contributed by atoms with van der Waals surface area (Å²) < 4.78 is 41.6. The second-order valence-corrected chi connectivity index (χ2v) is 6.63. The molecule has 0 fully saturated rings. The van der Waals surface area contributed by atoms with Gasteiger partial charge in [-0.3, -0.25) is 9.59 Å². The number of aryl methyl sites for hydroxylation is 1. The van der Waals surface area contributed by atoms with E-state index >= 15 is 0 Å². The normalized spacial score (nSPS) is 11.8. The van der Waals surface area contributed by atoms with Gasteiger partial charge in [0.1, 0.15) is 11.9 Å². The molecule has 0 radical (unpaired) electrons. The zero-order chi connectivity index (χ0) is 22.0. The molecule has 0 saturated heterocycles. The molecule has 9 heteroatoms. The lowest BCUT2D eigenvalue weighted by Crippen LogP contribution is -2.39. The highest BCUT2D eigenvalue weighted by atomic mass is 19.2. The zero-order valence-corrected chi connectivity index (χ0v) is 16.5. The summed E-state index contributed by atoms with van der Waals surface area (Å²) in [5, 5.41) is 9.27. The third kappa shape index (κ3) is 4.05. The standard InChI is InChI=1S/C21H19F3N4O2/c1-11-18(12(2)28(27-11)15-7-5-14(22)6-8-15)20(29)26-19(21(30)25-3)13-4-9-16(23)17(24)10-13/h4-10,19H,1-3H3,(H,25,30)(H,26,29). The number of aromatic nitrogens is 2. The van der Waals surface area contributed by atoms with E-state index in [1.807, 2.05) is 0 Å². The molecule has 0 spiro atoms. The fourth-order valence-electron chi connectivity index (χ4n) is 3.14. The monoisotopic (exact) mass is 416 g/mol. The van der Waals surface area contributed by atoms with Gasteiger partial charge in [0.25, 0.3) is 5.91 Å². The maximum Gasteiger partial charge on any atom is 0.255 e. The molecule has 2 N–H and O–H groups in total. The number of hydrogen-bond donors (Lipinski definition) is 2. The topological polar surface area (TPSA) is 76.0 Å². The number of carbonyl (C=O) groups is 2. The van der Waals surface area contributed by atoms with Crippen LogP contribution in [0.3, 0.4) is 0 Å². The Morgan fingerprint density at radius 3 is 2.27 bits per heavy atom. The average molecular weight is 416 g/mol. The van der Waals surface area contributed by atoms with Gasteiger partial charge in [-0.05, 0) is 55.8 Å². The van der Waals surface area contributed by atoms with Gasteiger partial charge in [-0.1, -0.05) is 6.07 Å². The highest BCUT2D eigenvalue weighted by Crippen LogP contribution is 2.21. The predicted octanol–water partition coefficient (Wildman–Crippen LogP) is 3.12. The lowest BCUT2D eigenvalue weighted by atomic mass is 10.0. The molecule has 0 bridgehead atoms. The van der Waals surface area contributed by atoms with Gasteiger partial charge in [0.05, 0.1) is 22.6 Å². The van der Waals surface area contributed by atoms with Crippen molar-refractivity contribution >= 4 is 11.8 Å². The van der Waals surface area contributed by atoms with Crippen LogP contribution in [0.4, 0.5) is 13.2 Å². The molecule has 6 nitrogen and oxygen atoms in total. The van der Waals surface area contributed by atoms with Crippen molar-refractivity contribution in [1.29, 1.82) is 0 Å². The first-order valence-electron chi connectivity index (χ1n) is 9.02. The molecule has 0 aliphatic carbocycles. The SMILES string of the molecule is CNC(=O)C(NC(=O)c1c(C)nn(-c2ccc(F)cc2)c1C)c1ccc(F)c(F)c1. The average Bonchev–Trinajstić information content (AvgIpc) is 3.02. The molecule has 0 aliphatic heterocycles. The molecular weight excluding hydrogens is 397 g/mol. The van der Waals surface area contributed by atoms with Crippen molar-refractivity contribution in [3.05, 3.63) is 82.4 Å². The minimum atomic E-state index is -1.24. The van der Waals surface area contributed by atoms with Crippen molar-refractivity contribution in [2.24, 2.45) is 0 Å². The second-order valence-electron chi connectivity index (χ2n) is 6.63. The summed E-state index contributed by atoms with van der Waals surface area (Å²) in [5.74, 6) is -3.81. The summed E-state index contributed by atoms with van der Waals surface area (Å²) in [6.07, 6.45) is 0. The van der Waals surface area contributed by atoms with Gasteiger partial charge >= 0.3 is 0 Å². The Morgan fingerprint density at radius 2 is 1.67 bits per heavy atom.